The van der Waals surface area contributed by atoms with Crippen molar-refractivity contribution >= 4 is 5.91 Å². The highest BCUT2D eigenvalue weighted by atomic mass is 19.4. The lowest BCUT2D eigenvalue weighted by molar-refractivity contribution is -0.141. The van der Waals surface area contributed by atoms with E-state index in [9.17, 15) is 18.0 Å². The van der Waals surface area contributed by atoms with Gasteiger partial charge in [-0.25, -0.2) is 0 Å². The number of hydrogen-bond acceptors (Lipinski definition) is 3. The molecule has 0 spiro atoms. The van der Waals surface area contributed by atoms with E-state index in [-0.39, 0.29) is 23.9 Å². The van der Waals surface area contributed by atoms with Crippen LogP contribution in [0.4, 0.5) is 13.2 Å². The molecule has 2 heterocycles. The maximum atomic E-state index is 13.9. The SMILES string of the molecule is CC1C(=O)N(Cc2ccc(C(F)(F)F)nc2)CCC[C@](c2ccccc2)(N(C)C)CCCC1CC1CCC1. The lowest BCUT2D eigenvalue weighted by atomic mass is 9.73. The topological polar surface area (TPSA) is 36.4 Å². The fourth-order valence-electron chi connectivity index (χ4n) is 6.48. The average molecular weight is 530 g/mol. The van der Waals surface area contributed by atoms with Crippen LogP contribution in [0.25, 0.3) is 0 Å². The molecule has 2 unspecified atom stereocenters. The first-order chi connectivity index (χ1) is 18.1. The monoisotopic (exact) mass is 529 g/mol. The summed E-state index contributed by atoms with van der Waals surface area (Å²) in [6, 6.07) is 13.1. The van der Waals surface area contributed by atoms with Crippen molar-refractivity contribution in [2.75, 3.05) is 20.6 Å². The van der Waals surface area contributed by atoms with Gasteiger partial charge in [-0.15, -0.1) is 0 Å². The Labute approximate surface area is 225 Å². The van der Waals surface area contributed by atoms with E-state index in [1.807, 2.05) is 11.0 Å². The molecule has 4 rings (SSSR count). The quantitative estimate of drug-likeness (QED) is 0.394. The van der Waals surface area contributed by atoms with Crippen molar-refractivity contribution in [3.8, 4) is 0 Å². The summed E-state index contributed by atoms with van der Waals surface area (Å²) in [6.45, 7) is 2.92. The number of aromatic nitrogens is 1. The summed E-state index contributed by atoms with van der Waals surface area (Å²) in [7, 11) is 4.30. The number of hydrogen-bond donors (Lipinski definition) is 0. The third kappa shape index (κ3) is 6.59. The van der Waals surface area contributed by atoms with Crippen LogP contribution in [0.1, 0.15) is 81.5 Å². The zero-order chi connectivity index (χ0) is 27.3. The maximum Gasteiger partial charge on any atom is 0.433 e. The molecule has 1 aromatic carbocycles. The minimum Gasteiger partial charge on any atom is -0.338 e. The number of benzene rings is 1. The van der Waals surface area contributed by atoms with Gasteiger partial charge in [0, 0.05) is 30.7 Å². The van der Waals surface area contributed by atoms with Gasteiger partial charge in [-0.1, -0.05) is 69.0 Å². The Kier molecular flexibility index (Phi) is 9.17. The molecular formula is C31H42F3N3O. The van der Waals surface area contributed by atoms with Gasteiger partial charge < -0.3 is 4.90 Å². The summed E-state index contributed by atoms with van der Waals surface area (Å²) >= 11 is 0. The predicted octanol–water partition coefficient (Wildman–Crippen LogP) is 7.29. The van der Waals surface area contributed by atoms with E-state index >= 15 is 0 Å². The van der Waals surface area contributed by atoms with Crippen LogP contribution in [0.3, 0.4) is 0 Å². The Hall–Kier alpha value is -2.41. The molecule has 7 heteroatoms. The number of nitrogens with zero attached hydrogens (tertiary/aromatic N) is 3. The van der Waals surface area contributed by atoms with E-state index in [1.54, 1.807) is 0 Å². The second kappa shape index (κ2) is 12.2. The Morgan fingerprint density at radius 2 is 1.71 bits per heavy atom. The second-order valence-corrected chi connectivity index (χ2v) is 11.7. The van der Waals surface area contributed by atoms with Crippen LogP contribution in [0.15, 0.2) is 48.7 Å². The standard InChI is InChI=1S/C31H42F3N3O/c1-23-26(20-24-10-7-11-24)12-8-17-30(36(2)3,27-13-5-4-6-14-27)18-9-19-37(29(23)38)22-25-15-16-28(35-21-25)31(32,33)34/h4-6,13-16,21,23-24,26H,7-12,17-20,22H2,1-3H3/t23?,26?,30-/m1/s1. The molecule has 208 valence electrons. The summed E-state index contributed by atoms with van der Waals surface area (Å²) < 4.78 is 39.1. The van der Waals surface area contributed by atoms with Crippen LogP contribution in [0.5, 0.6) is 0 Å². The molecule has 1 saturated carbocycles. The van der Waals surface area contributed by atoms with Crippen LogP contribution in [0.2, 0.25) is 0 Å². The van der Waals surface area contributed by atoms with E-state index in [2.05, 4.69) is 55.2 Å². The van der Waals surface area contributed by atoms with Gasteiger partial charge >= 0.3 is 6.18 Å². The first-order valence-corrected chi connectivity index (χ1v) is 14.1. The minimum atomic E-state index is -4.47. The Bertz CT molecular complexity index is 1040. The Morgan fingerprint density at radius 1 is 1.00 bits per heavy atom. The van der Waals surface area contributed by atoms with E-state index in [0.717, 1.165) is 44.6 Å². The van der Waals surface area contributed by atoms with Crippen molar-refractivity contribution in [1.82, 2.24) is 14.8 Å². The number of rotatable bonds is 6. The number of carbonyl (C=O) groups excluding carboxylic acids is 1. The van der Waals surface area contributed by atoms with Gasteiger partial charge in [0.25, 0.3) is 0 Å². The molecule has 1 aliphatic heterocycles. The molecule has 2 aromatic rings. The smallest absolute Gasteiger partial charge is 0.338 e. The van der Waals surface area contributed by atoms with E-state index in [1.165, 1.54) is 37.1 Å². The number of pyridine rings is 1. The highest BCUT2D eigenvalue weighted by molar-refractivity contribution is 5.78. The third-order valence-corrected chi connectivity index (χ3v) is 9.11. The first-order valence-electron chi connectivity index (χ1n) is 14.1. The number of alkyl halides is 3. The third-order valence-electron chi connectivity index (χ3n) is 9.11. The van der Waals surface area contributed by atoms with Gasteiger partial charge in [-0.05, 0) is 75.2 Å². The van der Waals surface area contributed by atoms with Crippen LogP contribution >= 0.6 is 0 Å². The van der Waals surface area contributed by atoms with Crippen molar-refractivity contribution in [2.24, 2.45) is 17.8 Å². The molecule has 2 aliphatic rings. The Balaban J connectivity index is 1.61. The summed E-state index contributed by atoms with van der Waals surface area (Å²) in [5.74, 6) is 1.03. The molecule has 1 saturated heterocycles. The Morgan fingerprint density at radius 3 is 2.29 bits per heavy atom. The summed E-state index contributed by atoms with van der Waals surface area (Å²) in [5, 5.41) is 0. The lowest BCUT2D eigenvalue weighted by Crippen LogP contribution is -2.42. The number of amides is 1. The van der Waals surface area contributed by atoms with Crippen molar-refractivity contribution in [3.05, 3.63) is 65.5 Å². The summed E-state index contributed by atoms with van der Waals surface area (Å²) in [4.78, 5) is 21.7. The molecule has 1 amide bonds. The first kappa shape index (κ1) is 28.6. The van der Waals surface area contributed by atoms with Gasteiger partial charge in [0.15, 0.2) is 0 Å². The predicted molar refractivity (Wildman–Crippen MR) is 144 cm³/mol. The molecule has 38 heavy (non-hydrogen) atoms. The zero-order valence-electron chi connectivity index (χ0n) is 23.0. The second-order valence-electron chi connectivity index (χ2n) is 11.7. The lowest BCUT2D eigenvalue weighted by Gasteiger charge is -2.41. The molecule has 0 radical (unpaired) electrons. The molecule has 0 bridgehead atoms. The number of carbonyl (C=O) groups is 1. The van der Waals surface area contributed by atoms with Gasteiger partial charge in [0.2, 0.25) is 5.91 Å². The number of halogens is 3. The van der Waals surface area contributed by atoms with Crippen molar-refractivity contribution in [1.29, 1.82) is 0 Å². The molecular weight excluding hydrogens is 487 g/mol. The van der Waals surface area contributed by atoms with E-state index < -0.39 is 11.9 Å². The van der Waals surface area contributed by atoms with Crippen LogP contribution in [-0.2, 0) is 23.1 Å². The highest BCUT2D eigenvalue weighted by Crippen LogP contribution is 2.41. The van der Waals surface area contributed by atoms with Crippen LogP contribution in [-0.4, -0.2) is 41.3 Å². The maximum absolute atomic E-state index is 13.9. The molecule has 1 aromatic heterocycles. The summed E-state index contributed by atoms with van der Waals surface area (Å²) in [5.41, 5.74) is 0.904. The summed E-state index contributed by atoms with van der Waals surface area (Å²) in [6.07, 6.45) is 6.50. The van der Waals surface area contributed by atoms with Crippen molar-refractivity contribution < 1.29 is 18.0 Å². The molecule has 3 atom stereocenters. The average Bonchev–Trinajstić information content (AvgIpc) is 2.88. The van der Waals surface area contributed by atoms with E-state index in [0.29, 0.717) is 23.9 Å². The van der Waals surface area contributed by atoms with Crippen LogP contribution < -0.4 is 0 Å². The van der Waals surface area contributed by atoms with Crippen molar-refractivity contribution in [2.45, 2.75) is 83.0 Å². The van der Waals surface area contributed by atoms with Crippen LogP contribution in [0, 0.1) is 17.8 Å². The molecule has 4 nitrogen and oxygen atoms in total. The van der Waals surface area contributed by atoms with Crippen molar-refractivity contribution in [3.63, 3.8) is 0 Å². The van der Waals surface area contributed by atoms with E-state index in [4.69, 9.17) is 0 Å². The normalized spacial score (nSPS) is 26.2. The molecule has 1 aliphatic carbocycles. The highest BCUT2D eigenvalue weighted by Gasteiger charge is 2.38. The van der Waals surface area contributed by atoms with Gasteiger partial charge in [0.1, 0.15) is 5.69 Å². The minimum absolute atomic E-state index is 0.110. The fraction of sp³-hybridized carbons (Fsp3) is 0.613. The molecule has 2 fully saturated rings. The van der Waals surface area contributed by atoms with Gasteiger partial charge in [0.05, 0.1) is 0 Å². The fourth-order valence-corrected chi connectivity index (χ4v) is 6.48. The largest absolute Gasteiger partial charge is 0.433 e. The molecule has 0 N–H and O–H groups in total. The van der Waals surface area contributed by atoms with Gasteiger partial charge in [-0.2, -0.15) is 13.2 Å². The zero-order valence-corrected chi connectivity index (χ0v) is 23.0. The van der Waals surface area contributed by atoms with Gasteiger partial charge in [-0.3, -0.25) is 14.7 Å².